The number of rotatable bonds is 6. The van der Waals surface area contributed by atoms with Gasteiger partial charge in [-0.25, -0.2) is 0 Å². The van der Waals surface area contributed by atoms with E-state index >= 15 is 0 Å². The van der Waals surface area contributed by atoms with Gasteiger partial charge in [0, 0.05) is 34.6 Å². The fourth-order valence-electron chi connectivity index (χ4n) is 3.72. The number of aromatic amines is 1. The minimum absolute atomic E-state index is 0.201. The standard InChI is InChI=1S/C22H29N3O3/c1-22(2,3)20(27)17-18(15-13-23-16-10-7-6-9-14(15)16)25(21(28)19(17)26)12-8-11-24(4)5/h6-7,9-10,13,18,23,26H,8,11-12H2,1-5H3. The lowest BCUT2D eigenvalue weighted by Crippen LogP contribution is -2.34. The molecule has 0 bridgehead atoms. The lowest BCUT2D eigenvalue weighted by molar-refractivity contribution is -0.129. The number of carbonyl (C=O) groups excluding carboxylic acids is 2. The molecule has 3 rings (SSSR count). The molecule has 2 N–H and O–H groups in total. The van der Waals surface area contributed by atoms with E-state index in [1.54, 1.807) is 25.7 Å². The zero-order valence-corrected chi connectivity index (χ0v) is 17.2. The van der Waals surface area contributed by atoms with E-state index < -0.39 is 23.1 Å². The maximum atomic E-state index is 13.2. The van der Waals surface area contributed by atoms with Crippen molar-refractivity contribution in [3.63, 3.8) is 0 Å². The molecule has 1 aliphatic heterocycles. The third-order valence-electron chi connectivity index (χ3n) is 5.15. The smallest absolute Gasteiger partial charge is 0.290 e. The predicted octanol–water partition coefficient (Wildman–Crippen LogP) is 3.43. The largest absolute Gasteiger partial charge is 0.503 e. The molecule has 1 atom stereocenters. The van der Waals surface area contributed by atoms with E-state index in [0.717, 1.165) is 29.4 Å². The van der Waals surface area contributed by atoms with Gasteiger partial charge in [0.15, 0.2) is 11.5 Å². The van der Waals surface area contributed by atoms with Gasteiger partial charge in [0.25, 0.3) is 5.91 Å². The number of H-pyrrole nitrogens is 1. The second-order valence-electron chi connectivity index (χ2n) is 8.69. The van der Waals surface area contributed by atoms with Crippen LogP contribution in [-0.2, 0) is 9.59 Å². The summed E-state index contributed by atoms with van der Waals surface area (Å²) in [7, 11) is 3.96. The summed E-state index contributed by atoms with van der Waals surface area (Å²) in [5.74, 6) is -1.09. The van der Waals surface area contributed by atoms with Gasteiger partial charge in [-0.1, -0.05) is 39.0 Å². The van der Waals surface area contributed by atoms with E-state index in [4.69, 9.17) is 0 Å². The predicted molar refractivity (Wildman–Crippen MR) is 110 cm³/mol. The number of aliphatic hydroxyl groups is 1. The summed E-state index contributed by atoms with van der Waals surface area (Å²) < 4.78 is 0. The van der Waals surface area contributed by atoms with Gasteiger partial charge >= 0.3 is 0 Å². The Morgan fingerprint density at radius 3 is 2.57 bits per heavy atom. The van der Waals surface area contributed by atoms with Gasteiger partial charge in [-0.3, -0.25) is 9.59 Å². The van der Waals surface area contributed by atoms with Gasteiger partial charge in [-0.15, -0.1) is 0 Å². The summed E-state index contributed by atoms with van der Waals surface area (Å²) in [6, 6.07) is 7.21. The van der Waals surface area contributed by atoms with E-state index in [2.05, 4.69) is 9.88 Å². The van der Waals surface area contributed by atoms with Crippen molar-refractivity contribution >= 4 is 22.6 Å². The van der Waals surface area contributed by atoms with Crippen LogP contribution in [0.2, 0.25) is 0 Å². The van der Waals surface area contributed by atoms with Crippen LogP contribution in [-0.4, -0.2) is 58.8 Å². The monoisotopic (exact) mass is 383 g/mol. The Labute approximate surface area is 165 Å². The highest BCUT2D eigenvalue weighted by molar-refractivity contribution is 6.11. The molecule has 0 saturated heterocycles. The molecule has 1 unspecified atom stereocenters. The third-order valence-corrected chi connectivity index (χ3v) is 5.15. The number of fused-ring (bicyclic) bond motifs is 1. The average molecular weight is 383 g/mol. The summed E-state index contributed by atoms with van der Waals surface area (Å²) >= 11 is 0. The summed E-state index contributed by atoms with van der Waals surface area (Å²) in [6.07, 6.45) is 2.60. The summed E-state index contributed by atoms with van der Waals surface area (Å²) in [6.45, 7) is 6.70. The Morgan fingerprint density at radius 1 is 1.25 bits per heavy atom. The molecule has 2 heterocycles. The highest BCUT2D eigenvalue weighted by Crippen LogP contribution is 2.43. The molecule has 0 radical (unpaired) electrons. The van der Waals surface area contributed by atoms with Gasteiger partial charge in [-0.05, 0) is 33.1 Å². The Morgan fingerprint density at radius 2 is 1.93 bits per heavy atom. The third kappa shape index (κ3) is 3.56. The van der Waals surface area contributed by atoms with Gasteiger partial charge in [-0.2, -0.15) is 0 Å². The molecule has 0 fully saturated rings. The Bertz CT molecular complexity index is 934. The average Bonchev–Trinajstić information content (AvgIpc) is 3.14. The normalized spacial score (nSPS) is 18.0. The first kappa shape index (κ1) is 20.1. The molecule has 1 amide bonds. The molecule has 2 aromatic rings. The molecule has 0 saturated carbocycles. The number of aliphatic hydroxyl groups excluding tert-OH is 1. The Kier molecular flexibility index (Phi) is 5.35. The minimum atomic E-state index is -0.701. The van der Waals surface area contributed by atoms with Gasteiger partial charge < -0.3 is 19.9 Å². The number of nitrogens with one attached hydrogen (secondary N) is 1. The van der Waals surface area contributed by atoms with Gasteiger partial charge in [0.1, 0.15) is 0 Å². The first-order chi connectivity index (χ1) is 13.1. The fraction of sp³-hybridized carbons (Fsp3) is 0.455. The Balaban J connectivity index is 2.09. The van der Waals surface area contributed by atoms with Crippen molar-refractivity contribution < 1.29 is 14.7 Å². The van der Waals surface area contributed by atoms with E-state index in [-0.39, 0.29) is 11.4 Å². The van der Waals surface area contributed by atoms with E-state index in [1.165, 1.54) is 0 Å². The minimum Gasteiger partial charge on any atom is -0.503 e. The highest BCUT2D eigenvalue weighted by atomic mass is 16.3. The number of aromatic nitrogens is 1. The lowest BCUT2D eigenvalue weighted by atomic mass is 9.82. The molecule has 1 aliphatic rings. The molecule has 6 heteroatoms. The number of para-hydroxylation sites is 1. The van der Waals surface area contributed by atoms with Crippen LogP contribution in [0.15, 0.2) is 41.8 Å². The lowest BCUT2D eigenvalue weighted by Gasteiger charge is -2.29. The van der Waals surface area contributed by atoms with E-state index in [1.807, 2.05) is 44.6 Å². The summed E-state index contributed by atoms with van der Waals surface area (Å²) in [5.41, 5.74) is 1.28. The van der Waals surface area contributed by atoms with Crippen LogP contribution < -0.4 is 0 Å². The number of Topliss-reactive ketones (excluding diaryl/α,β-unsaturated/α-hetero) is 1. The quantitative estimate of drug-likeness (QED) is 0.801. The van der Waals surface area contributed by atoms with Crippen LogP contribution in [0.5, 0.6) is 0 Å². The molecule has 1 aromatic heterocycles. The van der Waals surface area contributed by atoms with Crippen molar-refractivity contribution in [2.24, 2.45) is 5.41 Å². The van der Waals surface area contributed by atoms with Crippen LogP contribution >= 0.6 is 0 Å². The van der Waals surface area contributed by atoms with Crippen LogP contribution in [0.4, 0.5) is 0 Å². The Hall–Kier alpha value is -2.60. The number of amides is 1. The number of benzene rings is 1. The van der Waals surface area contributed by atoms with Crippen LogP contribution in [0.25, 0.3) is 10.9 Å². The number of nitrogens with zero attached hydrogens (tertiary/aromatic N) is 2. The number of ketones is 1. The summed E-state index contributed by atoms with van der Waals surface area (Å²) in [4.78, 5) is 33.0. The van der Waals surface area contributed by atoms with Crippen LogP contribution in [0.1, 0.15) is 38.8 Å². The second-order valence-corrected chi connectivity index (χ2v) is 8.69. The van der Waals surface area contributed by atoms with Crippen molar-refractivity contribution in [1.29, 1.82) is 0 Å². The van der Waals surface area contributed by atoms with Gasteiger partial charge in [0.05, 0.1) is 11.6 Å². The first-order valence-electron chi connectivity index (χ1n) is 9.62. The molecule has 28 heavy (non-hydrogen) atoms. The first-order valence-corrected chi connectivity index (χ1v) is 9.62. The topological polar surface area (TPSA) is 76.6 Å². The SMILES string of the molecule is CN(C)CCCN1C(=O)C(O)=C(C(=O)C(C)(C)C)C1c1c[nH]c2ccccc12. The zero-order chi connectivity index (χ0) is 20.6. The van der Waals surface area contributed by atoms with Crippen molar-refractivity contribution in [2.45, 2.75) is 33.2 Å². The number of carbonyl (C=O) groups is 2. The molecule has 0 spiro atoms. The fourth-order valence-corrected chi connectivity index (χ4v) is 3.72. The van der Waals surface area contributed by atoms with Crippen LogP contribution in [0, 0.1) is 5.41 Å². The molecule has 150 valence electrons. The van der Waals surface area contributed by atoms with E-state index in [0.29, 0.717) is 6.54 Å². The molecule has 6 nitrogen and oxygen atoms in total. The molecule has 0 aliphatic carbocycles. The van der Waals surface area contributed by atoms with Crippen LogP contribution in [0.3, 0.4) is 0 Å². The molecular weight excluding hydrogens is 354 g/mol. The van der Waals surface area contributed by atoms with E-state index in [9.17, 15) is 14.7 Å². The highest BCUT2D eigenvalue weighted by Gasteiger charge is 2.46. The van der Waals surface area contributed by atoms with Crippen molar-refractivity contribution in [3.05, 3.63) is 47.4 Å². The second kappa shape index (κ2) is 7.43. The summed E-state index contributed by atoms with van der Waals surface area (Å²) in [5, 5.41) is 11.6. The maximum Gasteiger partial charge on any atom is 0.290 e. The number of hydrogen-bond donors (Lipinski definition) is 2. The van der Waals surface area contributed by atoms with Gasteiger partial charge in [0.2, 0.25) is 0 Å². The molecule has 1 aromatic carbocycles. The van der Waals surface area contributed by atoms with Crippen molar-refractivity contribution in [2.75, 3.05) is 27.2 Å². The zero-order valence-electron chi connectivity index (χ0n) is 17.2. The van der Waals surface area contributed by atoms with Crippen molar-refractivity contribution in [1.82, 2.24) is 14.8 Å². The molecular formula is C22H29N3O3. The maximum absolute atomic E-state index is 13.2. The number of hydrogen-bond acceptors (Lipinski definition) is 4. The van der Waals surface area contributed by atoms with Crippen molar-refractivity contribution in [3.8, 4) is 0 Å².